The van der Waals surface area contributed by atoms with E-state index in [-0.39, 0.29) is 49.4 Å². The second-order valence-electron chi connectivity index (χ2n) is 6.84. The van der Waals surface area contributed by atoms with Gasteiger partial charge in [-0.3, -0.25) is 4.79 Å². The van der Waals surface area contributed by atoms with Crippen LogP contribution in [0.3, 0.4) is 0 Å². The van der Waals surface area contributed by atoms with Crippen LogP contribution < -0.4 is 20.7 Å². The summed E-state index contributed by atoms with van der Waals surface area (Å²) in [7, 11) is -1.35. The van der Waals surface area contributed by atoms with Gasteiger partial charge in [0.05, 0.1) is 12.4 Å². The Hall–Kier alpha value is -1.94. The molecule has 4 nitrogen and oxygen atoms in total. The molecule has 12 heteroatoms. The first-order valence-corrected chi connectivity index (χ1v) is 11.5. The molecule has 0 bridgehead atoms. The topological polar surface area (TPSA) is 63.6 Å². The number of benzene rings is 3. The molecular weight excluding hydrogens is 649 g/mol. The zero-order chi connectivity index (χ0) is 26.3. The molecule has 3 rings (SSSR count). The first-order chi connectivity index (χ1) is 16.3. The van der Waals surface area contributed by atoms with Crippen molar-refractivity contribution < 1.29 is 94.9 Å². The predicted octanol–water partition coefficient (Wildman–Crippen LogP) is 5.46. The van der Waals surface area contributed by atoms with E-state index < -0.39 is 37.1 Å². The van der Waals surface area contributed by atoms with Crippen molar-refractivity contribution in [2.24, 2.45) is 0 Å². The van der Waals surface area contributed by atoms with Crippen molar-refractivity contribution in [3.05, 3.63) is 96.8 Å². The minimum absolute atomic E-state index is 0. The molecule has 193 valence electrons. The van der Waals surface area contributed by atoms with E-state index in [2.05, 4.69) is 0 Å². The zero-order valence-corrected chi connectivity index (χ0v) is 21.7. The molecule has 0 saturated heterocycles. The maximum absolute atomic E-state index is 14.1. The summed E-state index contributed by atoms with van der Waals surface area (Å²) in [5.41, 5.74) is 0. The largest absolute Gasteiger partial charge is 0.504 e. The van der Waals surface area contributed by atoms with Gasteiger partial charge in [-0.05, 0) is 12.1 Å². The Morgan fingerprint density at radius 1 is 0.778 bits per heavy atom. The molecule has 0 heterocycles. The molecule has 0 amide bonds. The first kappa shape index (κ1) is 32.1. The molecule has 36 heavy (non-hydrogen) atoms. The first-order valence-electron chi connectivity index (χ1n) is 9.75. The third-order valence-electron chi connectivity index (χ3n) is 4.50. The van der Waals surface area contributed by atoms with Crippen LogP contribution in [0.5, 0.6) is 5.75 Å². The number of hydrogen-bond acceptors (Lipinski definition) is 4. The number of alkyl halides is 6. The van der Waals surface area contributed by atoms with Crippen molar-refractivity contribution in [1.29, 1.82) is 0 Å². The number of para-hydroxylation sites is 1. The molecule has 0 aliphatic carbocycles. The second kappa shape index (κ2) is 13.6. The Morgan fingerprint density at radius 3 is 1.58 bits per heavy atom. The number of carbonyl (C=O) groups is 1. The van der Waals surface area contributed by atoms with Crippen molar-refractivity contribution in [2.75, 3.05) is 7.11 Å². The fourth-order valence-electron chi connectivity index (χ4n) is 2.88. The minimum atomic E-state index is -5.42. The van der Waals surface area contributed by atoms with Gasteiger partial charge in [0.15, 0.2) is 7.14 Å². The molecule has 0 atom stereocenters. The van der Waals surface area contributed by atoms with Crippen LogP contribution in [0.15, 0.2) is 96.8 Å². The molecule has 3 aromatic rings. The van der Waals surface area contributed by atoms with Crippen molar-refractivity contribution >= 4 is 28.8 Å². The number of allylic oxidation sites excluding steroid dienone is 2. The molecule has 3 aromatic carbocycles. The van der Waals surface area contributed by atoms with Crippen LogP contribution in [-0.4, -0.2) is 30.4 Å². The van der Waals surface area contributed by atoms with Gasteiger partial charge in [-0.2, -0.15) is 26.3 Å². The van der Waals surface area contributed by atoms with Crippen molar-refractivity contribution in [1.82, 2.24) is 0 Å². The van der Waals surface area contributed by atoms with Crippen LogP contribution in [-0.2, 0) is 9.36 Å². The van der Waals surface area contributed by atoms with Crippen LogP contribution in [0.1, 0.15) is 0 Å². The summed E-state index contributed by atoms with van der Waals surface area (Å²) in [6.07, 6.45) is -11.7. The van der Waals surface area contributed by atoms with Gasteiger partial charge < -0.3 is 14.4 Å². The van der Waals surface area contributed by atoms with Crippen LogP contribution in [0, 0.1) is 49.4 Å². The van der Waals surface area contributed by atoms with E-state index in [1.165, 1.54) is 0 Å². The van der Waals surface area contributed by atoms with Crippen molar-refractivity contribution in [3.8, 4) is 5.75 Å². The van der Waals surface area contributed by atoms with Crippen LogP contribution in [0.4, 0.5) is 26.3 Å². The van der Waals surface area contributed by atoms with E-state index in [0.717, 1.165) is 15.9 Å². The van der Waals surface area contributed by atoms with E-state index in [0.29, 0.717) is 5.75 Å². The predicted molar refractivity (Wildman–Crippen MR) is 120 cm³/mol. The Labute approximate surface area is 243 Å². The number of methoxy groups -OCH3 is 1. The normalized spacial score (nSPS) is 12.0. The average Bonchev–Trinajstić information content (AvgIpc) is 2.83. The number of ketones is 1. The number of rotatable bonds is 5. The van der Waals surface area contributed by atoms with Crippen molar-refractivity contribution in [3.63, 3.8) is 0 Å². The second-order valence-corrected chi connectivity index (χ2v) is 9.57. The number of hydrogen-bond donors (Lipinski definition) is 1. The molecule has 0 aliphatic heterocycles. The fraction of sp³-hybridized carbons (Fsp3) is 0.125. The molecule has 0 aliphatic rings. The van der Waals surface area contributed by atoms with E-state index >= 15 is 0 Å². The summed E-state index contributed by atoms with van der Waals surface area (Å²) in [4.78, 5) is 9.86. The summed E-state index contributed by atoms with van der Waals surface area (Å²) >= 11 is 0. The van der Waals surface area contributed by atoms with Crippen LogP contribution in [0.2, 0.25) is 0 Å². The van der Waals surface area contributed by atoms with Gasteiger partial charge in [0, 0.05) is 66.1 Å². The Balaban J connectivity index is 0.000000402. The van der Waals surface area contributed by atoms with Gasteiger partial charge in [-0.25, -0.2) is 0 Å². The van der Waals surface area contributed by atoms with Gasteiger partial charge in [-0.1, -0.05) is 72.8 Å². The molecule has 0 spiro atoms. The van der Waals surface area contributed by atoms with Gasteiger partial charge in [0.1, 0.15) is 5.75 Å². The third-order valence-corrected chi connectivity index (χ3v) is 7.60. The van der Waals surface area contributed by atoms with Gasteiger partial charge >= 0.3 is 12.4 Å². The summed E-state index contributed by atoms with van der Waals surface area (Å²) in [5, 5.41) is 10.3. The van der Waals surface area contributed by atoms with E-state index in [4.69, 9.17) is 9.84 Å². The third kappa shape index (κ3) is 8.30. The van der Waals surface area contributed by atoms with E-state index in [1.54, 1.807) is 7.11 Å². The summed E-state index contributed by atoms with van der Waals surface area (Å²) < 4.78 is 87.6. The summed E-state index contributed by atoms with van der Waals surface area (Å²) in [6.45, 7) is 0. The molecule has 0 unspecified atom stereocenters. The van der Waals surface area contributed by atoms with Crippen LogP contribution >= 0.6 is 7.14 Å². The Morgan fingerprint density at radius 2 is 1.19 bits per heavy atom. The number of aliphatic hydroxyl groups excluding tert-OH is 1. The minimum Gasteiger partial charge on any atom is -0.504 e. The average molecular weight is 668 g/mol. The summed E-state index contributed by atoms with van der Waals surface area (Å²) in [6, 6.07) is 26.7. The zero-order valence-electron chi connectivity index (χ0n) is 18.4. The number of ether oxygens (including phenoxy) is 1. The molecule has 0 fully saturated rings. The molecule has 1 radical (unpaired) electrons. The molecule has 0 aromatic heterocycles. The van der Waals surface area contributed by atoms with Gasteiger partial charge in [-0.15, -0.1) is 0 Å². The molecular formula is C24H19EuF6O4P. The quantitative estimate of drug-likeness (QED) is 0.170. The van der Waals surface area contributed by atoms with Crippen LogP contribution in [0.25, 0.3) is 0 Å². The summed E-state index contributed by atoms with van der Waals surface area (Å²) in [5.74, 6) is -4.68. The number of carbonyl (C=O) groups excluding carboxylic acids is 1. The van der Waals surface area contributed by atoms with Gasteiger partial charge in [0.2, 0.25) is 5.76 Å². The van der Waals surface area contributed by atoms with E-state index in [9.17, 15) is 35.7 Å². The number of halogens is 6. The monoisotopic (exact) mass is 669 g/mol. The van der Waals surface area contributed by atoms with Gasteiger partial charge in [0.25, 0.3) is 5.78 Å². The molecule has 0 saturated carbocycles. The number of aliphatic hydroxyl groups is 1. The maximum Gasteiger partial charge on any atom is 0.454 e. The Bertz CT molecular complexity index is 1170. The Kier molecular flexibility index (Phi) is 12.1. The molecule has 1 N–H and O–H groups in total. The maximum atomic E-state index is 14.1. The van der Waals surface area contributed by atoms with Crippen molar-refractivity contribution in [2.45, 2.75) is 12.4 Å². The standard InChI is InChI=1S/C19H17O2P.C5H2F6O2.Eu/c1-21-18-14-8-9-15-19(18)22(20,16-10-4-2-5-11-16)17-12-6-3-7-13-17;6-4(7,8)2(12)1-3(13)5(9,10)11;/h2-15H,1H3;1,12H;/b;2-1-;. The SMILES string of the molecule is COc1ccccc1P(=O)(c1ccccc1)c1ccccc1.O=C(/C=C(\O)C(F)(F)F)C(F)(F)F.[Eu]. The fourth-order valence-corrected chi connectivity index (χ4v) is 5.69. The van der Waals surface area contributed by atoms with E-state index in [1.807, 2.05) is 84.9 Å². The smallest absolute Gasteiger partial charge is 0.454 e.